The fraction of sp³-hybridized carbons (Fsp3) is 0.900. The van der Waals surface area contributed by atoms with Crippen LogP contribution in [0.4, 0.5) is 0 Å². The van der Waals surface area contributed by atoms with Crippen molar-refractivity contribution < 1.29 is 4.84 Å². The average molecular weight is 218 g/mol. The lowest BCUT2D eigenvalue weighted by Crippen LogP contribution is -2.10. The predicted octanol–water partition coefficient (Wildman–Crippen LogP) is 3.47. The molecule has 84 valence electrons. The van der Waals surface area contributed by atoms with Crippen LogP contribution in [-0.4, -0.2) is 23.8 Å². The van der Waals surface area contributed by atoms with Gasteiger partial charge in [-0.05, 0) is 20.3 Å². The first-order chi connectivity index (χ1) is 6.66. The van der Waals surface area contributed by atoms with Gasteiger partial charge in [-0.3, -0.25) is 4.84 Å². The molecule has 0 atom stereocenters. The molecule has 0 aromatic rings. The van der Waals surface area contributed by atoms with Gasteiger partial charge in [-0.15, -0.1) is 4.47 Å². The first-order valence-corrected chi connectivity index (χ1v) is 5.94. The van der Waals surface area contributed by atoms with Gasteiger partial charge in [-0.2, -0.15) is 0 Å². The molecule has 0 aromatic carbocycles. The van der Waals surface area contributed by atoms with Gasteiger partial charge in [0.1, 0.15) is 0 Å². The fourth-order valence-electron chi connectivity index (χ4n) is 0.885. The third-order valence-electron chi connectivity index (χ3n) is 1.61. The molecule has 0 spiro atoms. The Hall–Kier alpha value is -0.0600. The van der Waals surface area contributed by atoms with E-state index in [0.29, 0.717) is 0 Å². The van der Waals surface area contributed by atoms with Crippen LogP contribution in [0, 0.1) is 0 Å². The van der Waals surface area contributed by atoms with Crippen molar-refractivity contribution in [3.8, 4) is 0 Å². The van der Waals surface area contributed by atoms with Crippen molar-refractivity contribution in [3.63, 3.8) is 0 Å². The molecule has 0 aromatic heterocycles. The van der Waals surface area contributed by atoms with Crippen LogP contribution in [-0.2, 0) is 4.84 Å². The Morgan fingerprint density at radius 3 is 2.57 bits per heavy atom. The van der Waals surface area contributed by atoms with E-state index in [-0.39, 0.29) is 0 Å². The maximum Gasteiger partial charge on any atom is 0.0875 e. The van der Waals surface area contributed by atoms with Crippen molar-refractivity contribution in [2.45, 2.75) is 46.5 Å². The summed E-state index contributed by atoms with van der Waals surface area (Å²) in [6, 6.07) is 0. The molecule has 0 radical (unpaired) electrons. The second kappa shape index (κ2) is 9.49. The van der Waals surface area contributed by atoms with Crippen LogP contribution < -0.4 is 0 Å². The first-order valence-electron chi connectivity index (χ1n) is 5.21. The Kier molecular flexibility index (Phi) is 9.45. The van der Waals surface area contributed by atoms with Crippen LogP contribution in [0.5, 0.6) is 0 Å². The van der Waals surface area contributed by atoms with Gasteiger partial charge in [0, 0.05) is 12.8 Å². The molecule has 3 nitrogen and oxygen atoms in total. The molecular formula is C10H22N2OS. The molecule has 0 saturated carbocycles. The summed E-state index contributed by atoms with van der Waals surface area (Å²) in [5.74, 6) is 0. The van der Waals surface area contributed by atoms with E-state index in [4.69, 9.17) is 4.84 Å². The van der Waals surface area contributed by atoms with Gasteiger partial charge in [0.2, 0.25) is 0 Å². The van der Waals surface area contributed by atoms with E-state index < -0.39 is 0 Å². The molecule has 0 heterocycles. The molecule has 0 aliphatic heterocycles. The molecule has 0 aliphatic carbocycles. The number of hydroxylamine groups is 1. The van der Waals surface area contributed by atoms with Crippen LogP contribution in [0.25, 0.3) is 0 Å². The lowest BCUT2D eigenvalue weighted by molar-refractivity contribution is -0.0567. The molecule has 0 bridgehead atoms. The Labute approximate surface area is 92.1 Å². The number of nitrogens with zero attached hydrogens (tertiary/aromatic N) is 2. The molecule has 0 unspecified atom stereocenters. The van der Waals surface area contributed by atoms with Crippen LogP contribution in [0.2, 0.25) is 0 Å². The summed E-state index contributed by atoms with van der Waals surface area (Å²) in [7, 11) is 1.89. The van der Waals surface area contributed by atoms with Gasteiger partial charge in [0.25, 0.3) is 0 Å². The van der Waals surface area contributed by atoms with Crippen molar-refractivity contribution in [2.75, 3.05) is 13.7 Å². The van der Waals surface area contributed by atoms with Crippen LogP contribution in [0.1, 0.15) is 46.5 Å². The number of hydrogen-bond acceptors (Lipinski definition) is 4. The zero-order valence-corrected chi connectivity index (χ0v) is 10.6. The minimum atomic E-state index is 0.793. The molecule has 4 heteroatoms. The van der Waals surface area contributed by atoms with Crippen molar-refractivity contribution in [3.05, 3.63) is 0 Å². The summed E-state index contributed by atoms with van der Waals surface area (Å²) in [6.45, 7) is 6.95. The summed E-state index contributed by atoms with van der Waals surface area (Å²) in [4.78, 5) is 5.43. The quantitative estimate of drug-likeness (QED) is 0.270. The summed E-state index contributed by atoms with van der Waals surface area (Å²) in [5, 5.41) is 0. The van der Waals surface area contributed by atoms with Crippen molar-refractivity contribution >= 4 is 17.8 Å². The normalized spacial score (nSPS) is 10.6. The van der Waals surface area contributed by atoms with E-state index in [1.165, 1.54) is 31.4 Å². The zero-order valence-electron chi connectivity index (χ0n) is 9.75. The zero-order chi connectivity index (χ0) is 10.8. The molecule has 0 aliphatic rings. The SMILES string of the molecule is CCCCCCON(C)SN=C(C)C. The predicted molar refractivity (Wildman–Crippen MR) is 64.2 cm³/mol. The summed E-state index contributed by atoms with van der Waals surface area (Å²) < 4.78 is 5.88. The second-order valence-electron chi connectivity index (χ2n) is 3.45. The molecule has 0 N–H and O–H groups in total. The third-order valence-corrected chi connectivity index (χ3v) is 2.39. The van der Waals surface area contributed by atoms with E-state index in [9.17, 15) is 0 Å². The Morgan fingerprint density at radius 2 is 2.00 bits per heavy atom. The minimum absolute atomic E-state index is 0.793. The van der Waals surface area contributed by atoms with Crippen LogP contribution >= 0.6 is 12.1 Å². The molecule has 0 saturated heterocycles. The highest BCUT2D eigenvalue weighted by Gasteiger charge is 1.97. The number of unbranched alkanes of at least 4 members (excludes halogenated alkanes) is 3. The van der Waals surface area contributed by atoms with E-state index in [1.807, 2.05) is 20.9 Å². The standard InChI is InChI=1S/C10H22N2OS/c1-5-6-7-8-9-13-12(4)14-11-10(2)3/h5-9H2,1-4H3. The van der Waals surface area contributed by atoms with E-state index >= 15 is 0 Å². The summed E-state index contributed by atoms with van der Waals surface area (Å²) >= 11 is 1.35. The Morgan fingerprint density at radius 1 is 1.29 bits per heavy atom. The third kappa shape index (κ3) is 10.0. The van der Waals surface area contributed by atoms with E-state index in [0.717, 1.165) is 18.7 Å². The maximum absolute atomic E-state index is 5.43. The van der Waals surface area contributed by atoms with Gasteiger partial charge in [-0.25, -0.2) is 4.40 Å². The van der Waals surface area contributed by atoms with Crippen molar-refractivity contribution in [1.82, 2.24) is 4.47 Å². The first kappa shape index (κ1) is 13.9. The van der Waals surface area contributed by atoms with Gasteiger partial charge in [-0.1, -0.05) is 26.2 Å². The van der Waals surface area contributed by atoms with E-state index in [2.05, 4.69) is 11.3 Å². The fourth-order valence-corrected chi connectivity index (χ4v) is 1.28. The second-order valence-corrected chi connectivity index (χ2v) is 4.31. The van der Waals surface area contributed by atoms with Crippen molar-refractivity contribution in [2.24, 2.45) is 4.40 Å². The number of rotatable bonds is 8. The van der Waals surface area contributed by atoms with Gasteiger partial charge in [0.15, 0.2) is 0 Å². The van der Waals surface area contributed by atoms with Crippen LogP contribution in [0.3, 0.4) is 0 Å². The lowest BCUT2D eigenvalue weighted by atomic mass is 10.2. The van der Waals surface area contributed by atoms with Crippen molar-refractivity contribution in [1.29, 1.82) is 0 Å². The molecular weight excluding hydrogens is 196 g/mol. The van der Waals surface area contributed by atoms with Gasteiger partial charge in [0.05, 0.1) is 18.7 Å². The molecule has 0 fully saturated rings. The van der Waals surface area contributed by atoms with Gasteiger partial charge >= 0.3 is 0 Å². The highest BCUT2D eigenvalue weighted by Crippen LogP contribution is 2.10. The van der Waals surface area contributed by atoms with Crippen LogP contribution in [0.15, 0.2) is 4.40 Å². The molecule has 0 rings (SSSR count). The maximum atomic E-state index is 5.43. The minimum Gasteiger partial charge on any atom is -0.287 e. The van der Waals surface area contributed by atoms with E-state index in [1.54, 1.807) is 4.47 Å². The topological polar surface area (TPSA) is 24.8 Å². The smallest absolute Gasteiger partial charge is 0.0875 e. The molecule has 14 heavy (non-hydrogen) atoms. The Balaban J connectivity index is 3.27. The lowest BCUT2D eigenvalue weighted by Gasteiger charge is -2.11. The highest BCUT2D eigenvalue weighted by atomic mass is 32.2. The summed E-state index contributed by atoms with van der Waals surface area (Å²) in [5.41, 5.74) is 1.05. The largest absolute Gasteiger partial charge is 0.287 e. The highest BCUT2D eigenvalue weighted by molar-refractivity contribution is 7.95. The molecule has 0 amide bonds. The average Bonchev–Trinajstić information content (AvgIpc) is 2.14. The van der Waals surface area contributed by atoms with Gasteiger partial charge < -0.3 is 0 Å². The summed E-state index contributed by atoms with van der Waals surface area (Å²) in [6.07, 6.45) is 4.95. The number of hydrogen-bond donors (Lipinski definition) is 0. The Bertz CT molecular complexity index is 158. The monoisotopic (exact) mass is 218 g/mol.